The second-order valence-electron chi connectivity index (χ2n) is 3.80. The van der Waals surface area contributed by atoms with Crippen molar-refractivity contribution in [2.24, 2.45) is 5.73 Å². The standard InChI is InChI=1S/C13H13BrN2OS/c14-12-5-11(8-18-12)13(17)16-7-10-4-2-1-3-9(10)6-15/h1-5,8H,6-7,15H2,(H,16,17). The average Bonchev–Trinajstić information content (AvgIpc) is 2.83. The Morgan fingerprint density at radius 3 is 2.67 bits per heavy atom. The number of rotatable bonds is 4. The topological polar surface area (TPSA) is 55.1 Å². The number of benzene rings is 1. The molecule has 0 spiro atoms. The fraction of sp³-hybridized carbons (Fsp3) is 0.154. The molecule has 0 bridgehead atoms. The Balaban J connectivity index is 2.01. The van der Waals surface area contributed by atoms with E-state index in [9.17, 15) is 4.79 Å². The monoisotopic (exact) mass is 324 g/mol. The van der Waals surface area contributed by atoms with Crippen LogP contribution in [0.3, 0.4) is 0 Å². The molecular weight excluding hydrogens is 312 g/mol. The van der Waals surface area contributed by atoms with Crippen LogP contribution in [0.1, 0.15) is 21.5 Å². The van der Waals surface area contributed by atoms with Gasteiger partial charge < -0.3 is 11.1 Å². The Bertz CT molecular complexity index is 553. The zero-order valence-corrected chi connectivity index (χ0v) is 12.1. The highest BCUT2D eigenvalue weighted by Gasteiger charge is 2.08. The highest BCUT2D eigenvalue weighted by atomic mass is 79.9. The number of halogens is 1. The van der Waals surface area contributed by atoms with E-state index < -0.39 is 0 Å². The molecular formula is C13H13BrN2OS. The van der Waals surface area contributed by atoms with Gasteiger partial charge in [-0.05, 0) is 33.1 Å². The Hall–Kier alpha value is -1.17. The quantitative estimate of drug-likeness (QED) is 0.908. The molecule has 18 heavy (non-hydrogen) atoms. The molecule has 0 aliphatic heterocycles. The van der Waals surface area contributed by atoms with Crippen molar-refractivity contribution < 1.29 is 4.79 Å². The number of carbonyl (C=O) groups excluding carboxylic acids is 1. The van der Waals surface area contributed by atoms with Crippen LogP contribution in [-0.2, 0) is 13.1 Å². The van der Waals surface area contributed by atoms with Gasteiger partial charge >= 0.3 is 0 Å². The van der Waals surface area contributed by atoms with Crippen LogP contribution in [0.15, 0.2) is 39.5 Å². The lowest BCUT2D eigenvalue weighted by molar-refractivity contribution is 0.0951. The number of hydrogen-bond acceptors (Lipinski definition) is 3. The molecule has 94 valence electrons. The molecule has 3 N–H and O–H groups in total. The summed E-state index contributed by atoms with van der Waals surface area (Å²) in [6.07, 6.45) is 0. The molecule has 1 aromatic heterocycles. The molecule has 0 aliphatic rings. The van der Waals surface area contributed by atoms with Crippen LogP contribution in [0.4, 0.5) is 0 Å². The number of carbonyl (C=O) groups is 1. The fourth-order valence-corrected chi connectivity index (χ4v) is 2.77. The first-order valence-electron chi connectivity index (χ1n) is 5.50. The molecule has 1 heterocycles. The summed E-state index contributed by atoms with van der Waals surface area (Å²) in [6.45, 7) is 0.982. The van der Waals surface area contributed by atoms with Crippen molar-refractivity contribution in [3.8, 4) is 0 Å². The van der Waals surface area contributed by atoms with Gasteiger partial charge in [0.1, 0.15) is 0 Å². The van der Waals surface area contributed by atoms with Crippen molar-refractivity contribution >= 4 is 33.2 Å². The summed E-state index contributed by atoms with van der Waals surface area (Å²) < 4.78 is 0.954. The number of amides is 1. The van der Waals surface area contributed by atoms with Gasteiger partial charge in [-0.2, -0.15) is 0 Å². The SMILES string of the molecule is NCc1ccccc1CNC(=O)c1csc(Br)c1. The van der Waals surface area contributed by atoms with Gasteiger partial charge in [0.25, 0.3) is 5.91 Å². The van der Waals surface area contributed by atoms with Gasteiger partial charge in [0, 0.05) is 18.5 Å². The van der Waals surface area contributed by atoms with Crippen LogP contribution in [-0.4, -0.2) is 5.91 Å². The van der Waals surface area contributed by atoms with Crippen LogP contribution in [0.25, 0.3) is 0 Å². The van der Waals surface area contributed by atoms with E-state index in [-0.39, 0.29) is 5.91 Å². The lowest BCUT2D eigenvalue weighted by Crippen LogP contribution is -2.23. The maximum atomic E-state index is 11.9. The van der Waals surface area contributed by atoms with Crippen molar-refractivity contribution in [3.05, 3.63) is 56.2 Å². The van der Waals surface area contributed by atoms with Crippen LogP contribution in [0, 0.1) is 0 Å². The lowest BCUT2D eigenvalue weighted by Gasteiger charge is -2.08. The third-order valence-corrected chi connectivity index (χ3v) is 4.11. The van der Waals surface area contributed by atoms with Gasteiger partial charge in [0.2, 0.25) is 0 Å². The average molecular weight is 325 g/mol. The minimum absolute atomic E-state index is 0.0659. The molecule has 0 saturated carbocycles. The van der Waals surface area contributed by atoms with Crippen molar-refractivity contribution in [1.82, 2.24) is 5.32 Å². The number of thiophene rings is 1. The van der Waals surface area contributed by atoms with Crippen LogP contribution >= 0.6 is 27.3 Å². The summed E-state index contributed by atoms with van der Waals surface area (Å²) in [6, 6.07) is 9.66. The highest BCUT2D eigenvalue weighted by Crippen LogP contribution is 2.20. The molecule has 2 rings (SSSR count). The van der Waals surface area contributed by atoms with Gasteiger partial charge in [-0.25, -0.2) is 0 Å². The molecule has 3 nitrogen and oxygen atoms in total. The smallest absolute Gasteiger partial charge is 0.252 e. The van der Waals surface area contributed by atoms with Crippen molar-refractivity contribution in [2.75, 3.05) is 0 Å². The van der Waals surface area contributed by atoms with Gasteiger partial charge in [0.15, 0.2) is 0 Å². The highest BCUT2D eigenvalue weighted by molar-refractivity contribution is 9.11. The number of nitrogens with one attached hydrogen (secondary N) is 1. The van der Waals surface area contributed by atoms with E-state index in [1.807, 2.05) is 35.7 Å². The fourth-order valence-electron chi connectivity index (χ4n) is 1.64. The summed E-state index contributed by atoms with van der Waals surface area (Å²) in [5.74, 6) is -0.0659. The Morgan fingerprint density at radius 2 is 2.06 bits per heavy atom. The largest absolute Gasteiger partial charge is 0.348 e. The van der Waals surface area contributed by atoms with Gasteiger partial charge in [-0.1, -0.05) is 24.3 Å². The molecule has 2 aromatic rings. The van der Waals surface area contributed by atoms with E-state index in [1.165, 1.54) is 11.3 Å². The van der Waals surface area contributed by atoms with E-state index in [0.29, 0.717) is 18.7 Å². The molecule has 5 heteroatoms. The predicted octanol–water partition coefficient (Wildman–Crippen LogP) is 2.90. The van der Waals surface area contributed by atoms with E-state index in [4.69, 9.17) is 5.73 Å². The van der Waals surface area contributed by atoms with E-state index in [2.05, 4.69) is 21.2 Å². The molecule has 0 atom stereocenters. The molecule has 0 aliphatic carbocycles. The summed E-state index contributed by atoms with van der Waals surface area (Å²) >= 11 is 4.84. The zero-order valence-electron chi connectivity index (χ0n) is 9.65. The van der Waals surface area contributed by atoms with Gasteiger partial charge in [-0.15, -0.1) is 11.3 Å². The maximum absolute atomic E-state index is 11.9. The Kier molecular flexibility index (Phi) is 4.52. The third-order valence-electron chi connectivity index (χ3n) is 2.61. The molecule has 0 fully saturated rings. The lowest BCUT2D eigenvalue weighted by atomic mass is 10.1. The maximum Gasteiger partial charge on any atom is 0.252 e. The van der Waals surface area contributed by atoms with E-state index in [1.54, 1.807) is 0 Å². The van der Waals surface area contributed by atoms with Crippen molar-refractivity contribution in [3.63, 3.8) is 0 Å². The van der Waals surface area contributed by atoms with Crippen LogP contribution in [0.2, 0.25) is 0 Å². The van der Waals surface area contributed by atoms with E-state index in [0.717, 1.165) is 14.9 Å². The van der Waals surface area contributed by atoms with Crippen molar-refractivity contribution in [2.45, 2.75) is 13.1 Å². The van der Waals surface area contributed by atoms with Crippen LogP contribution in [0.5, 0.6) is 0 Å². The first-order chi connectivity index (χ1) is 8.70. The second kappa shape index (κ2) is 6.13. The summed E-state index contributed by atoms with van der Waals surface area (Å²) in [4.78, 5) is 11.9. The normalized spacial score (nSPS) is 10.3. The van der Waals surface area contributed by atoms with E-state index >= 15 is 0 Å². The molecule has 0 unspecified atom stereocenters. The van der Waals surface area contributed by atoms with Gasteiger partial charge in [0.05, 0.1) is 9.35 Å². The molecule has 1 amide bonds. The van der Waals surface area contributed by atoms with Gasteiger partial charge in [-0.3, -0.25) is 4.79 Å². The Morgan fingerprint density at radius 1 is 1.33 bits per heavy atom. The summed E-state index contributed by atoms with van der Waals surface area (Å²) in [5.41, 5.74) is 8.45. The van der Waals surface area contributed by atoms with Crippen LogP contribution < -0.4 is 11.1 Å². The molecule has 0 saturated heterocycles. The molecule has 1 aromatic carbocycles. The first-order valence-corrected chi connectivity index (χ1v) is 7.17. The molecule has 0 radical (unpaired) electrons. The minimum Gasteiger partial charge on any atom is -0.348 e. The van der Waals surface area contributed by atoms with Crippen molar-refractivity contribution in [1.29, 1.82) is 0 Å². The summed E-state index contributed by atoms with van der Waals surface area (Å²) in [5, 5.41) is 4.72. The third kappa shape index (κ3) is 3.19. The number of nitrogens with two attached hydrogens (primary N) is 1. The second-order valence-corrected chi connectivity index (χ2v) is 6.09. The number of hydrogen-bond donors (Lipinski definition) is 2. The first kappa shape index (κ1) is 13.3. The Labute approximate surface area is 118 Å². The summed E-state index contributed by atoms with van der Waals surface area (Å²) in [7, 11) is 0. The minimum atomic E-state index is -0.0659. The zero-order chi connectivity index (χ0) is 13.0. The predicted molar refractivity (Wildman–Crippen MR) is 77.5 cm³/mol.